The number of ether oxygens (including phenoxy) is 1. The zero-order valence-corrected chi connectivity index (χ0v) is 12.7. The Morgan fingerprint density at radius 1 is 1.33 bits per heavy atom. The van der Waals surface area contributed by atoms with Crippen LogP contribution in [0.5, 0.6) is 5.75 Å². The molecule has 1 aliphatic carbocycles. The van der Waals surface area contributed by atoms with Crippen molar-refractivity contribution in [3.8, 4) is 5.75 Å². The number of carbonyl (C=O) groups is 1. The summed E-state index contributed by atoms with van der Waals surface area (Å²) in [6.07, 6.45) is 3.81. The van der Waals surface area contributed by atoms with Crippen molar-refractivity contribution in [2.24, 2.45) is 5.92 Å². The lowest BCUT2D eigenvalue weighted by atomic mass is 9.86. The number of para-hydroxylation sites is 1. The third kappa shape index (κ3) is 5.05. The Bertz CT molecular complexity index is 435. The Hall–Kier alpha value is -1.55. The summed E-state index contributed by atoms with van der Waals surface area (Å²) in [5, 5.41) is 9.66. The molecule has 1 aliphatic rings. The van der Waals surface area contributed by atoms with Crippen molar-refractivity contribution in [2.75, 3.05) is 20.2 Å². The highest BCUT2D eigenvalue weighted by Crippen LogP contribution is 2.25. The van der Waals surface area contributed by atoms with Gasteiger partial charge in [0.15, 0.2) is 0 Å². The van der Waals surface area contributed by atoms with Crippen LogP contribution in [0.1, 0.15) is 32.1 Å². The maximum atomic E-state index is 12.3. The van der Waals surface area contributed by atoms with E-state index >= 15 is 0 Å². The van der Waals surface area contributed by atoms with E-state index in [2.05, 4.69) is 0 Å². The Morgan fingerprint density at radius 2 is 2.10 bits per heavy atom. The van der Waals surface area contributed by atoms with Crippen LogP contribution in [0.2, 0.25) is 0 Å². The van der Waals surface area contributed by atoms with Crippen LogP contribution >= 0.6 is 0 Å². The number of benzene rings is 1. The molecule has 0 aromatic heterocycles. The molecule has 116 valence electrons. The minimum Gasteiger partial charge on any atom is -0.494 e. The van der Waals surface area contributed by atoms with Crippen molar-refractivity contribution in [2.45, 2.75) is 38.2 Å². The van der Waals surface area contributed by atoms with Crippen LogP contribution in [0.4, 0.5) is 0 Å². The van der Waals surface area contributed by atoms with Crippen molar-refractivity contribution in [1.82, 2.24) is 4.90 Å². The number of rotatable bonds is 6. The lowest BCUT2D eigenvalue weighted by Gasteiger charge is -2.28. The van der Waals surface area contributed by atoms with Gasteiger partial charge in [0.25, 0.3) is 0 Å². The minimum absolute atomic E-state index is 0.00575. The first-order valence-electron chi connectivity index (χ1n) is 7.77. The van der Waals surface area contributed by atoms with Gasteiger partial charge in [-0.15, -0.1) is 0 Å². The molecule has 4 heteroatoms. The minimum atomic E-state index is -0.303. The van der Waals surface area contributed by atoms with E-state index in [4.69, 9.17) is 4.74 Å². The van der Waals surface area contributed by atoms with Gasteiger partial charge in [0.1, 0.15) is 5.75 Å². The van der Waals surface area contributed by atoms with Crippen LogP contribution < -0.4 is 4.74 Å². The molecule has 1 saturated carbocycles. The lowest BCUT2D eigenvalue weighted by molar-refractivity contribution is -0.136. The summed E-state index contributed by atoms with van der Waals surface area (Å²) in [6, 6.07) is 9.70. The van der Waals surface area contributed by atoms with Gasteiger partial charge in [-0.25, -0.2) is 0 Å². The highest BCUT2D eigenvalue weighted by atomic mass is 16.5. The highest BCUT2D eigenvalue weighted by molar-refractivity contribution is 5.78. The van der Waals surface area contributed by atoms with Crippen molar-refractivity contribution < 1.29 is 14.6 Å². The summed E-state index contributed by atoms with van der Waals surface area (Å²) in [6.45, 7) is 1.30. The zero-order valence-electron chi connectivity index (χ0n) is 12.7. The number of hydrogen-bond acceptors (Lipinski definition) is 3. The van der Waals surface area contributed by atoms with E-state index in [-0.39, 0.29) is 17.9 Å². The quantitative estimate of drug-likeness (QED) is 0.819. The van der Waals surface area contributed by atoms with Crippen LogP contribution in [0, 0.1) is 5.92 Å². The number of hydrogen-bond donors (Lipinski definition) is 1. The van der Waals surface area contributed by atoms with Gasteiger partial charge in [-0.3, -0.25) is 4.79 Å². The van der Waals surface area contributed by atoms with Gasteiger partial charge in [0, 0.05) is 19.5 Å². The first-order valence-corrected chi connectivity index (χ1v) is 7.77. The standard InChI is InChI=1S/C17H25NO3/c1-18(17(20)14-7-5-8-15(19)13-14)11-6-12-21-16-9-3-2-4-10-16/h2-4,9-10,14-15,19H,5-8,11-13H2,1H3/t14-,15-/m0/s1. The Morgan fingerprint density at radius 3 is 2.81 bits per heavy atom. The Labute approximate surface area is 126 Å². The molecule has 0 spiro atoms. The maximum absolute atomic E-state index is 12.3. The average molecular weight is 291 g/mol. The van der Waals surface area contributed by atoms with Crippen LogP contribution in [0.3, 0.4) is 0 Å². The first-order chi connectivity index (χ1) is 10.2. The van der Waals surface area contributed by atoms with Gasteiger partial charge < -0.3 is 14.7 Å². The monoisotopic (exact) mass is 291 g/mol. The molecule has 4 nitrogen and oxygen atoms in total. The second-order valence-electron chi connectivity index (χ2n) is 5.79. The molecule has 0 saturated heterocycles. The third-order valence-corrected chi connectivity index (χ3v) is 4.02. The zero-order chi connectivity index (χ0) is 15.1. The topological polar surface area (TPSA) is 49.8 Å². The van der Waals surface area contributed by atoms with Gasteiger partial charge in [-0.2, -0.15) is 0 Å². The Balaban J connectivity index is 1.66. The molecule has 2 rings (SSSR count). The van der Waals surface area contributed by atoms with Crippen molar-refractivity contribution in [3.63, 3.8) is 0 Å². The average Bonchev–Trinajstić information content (AvgIpc) is 2.51. The molecule has 1 amide bonds. The van der Waals surface area contributed by atoms with E-state index in [1.54, 1.807) is 4.90 Å². The molecule has 1 aromatic carbocycles. The van der Waals surface area contributed by atoms with Crippen LogP contribution in [0.15, 0.2) is 30.3 Å². The molecular formula is C17H25NO3. The summed E-state index contributed by atoms with van der Waals surface area (Å²) in [5.74, 6) is 1.02. The van der Waals surface area contributed by atoms with Gasteiger partial charge in [-0.05, 0) is 37.8 Å². The van der Waals surface area contributed by atoms with E-state index in [1.165, 1.54) is 0 Å². The molecule has 1 fully saturated rings. The SMILES string of the molecule is CN(CCCOc1ccccc1)C(=O)[C@H]1CCC[C@H](O)C1. The summed E-state index contributed by atoms with van der Waals surface area (Å²) >= 11 is 0. The van der Waals surface area contributed by atoms with Gasteiger partial charge in [0.2, 0.25) is 5.91 Å². The number of amides is 1. The second kappa shape index (κ2) is 8.03. The molecule has 0 aliphatic heterocycles. The van der Waals surface area contributed by atoms with E-state index < -0.39 is 0 Å². The van der Waals surface area contributed by atoms with E-state index in [9.17, 15) is 9.90 Å². The fourth-order valence-corrected chi connectivity index (χ4v) is 2.82. The largest absolute Gasteiger partial charge is 0.494 e. The van der Waals surface area contributed by atoms with E-state index in [0.29, 0.717) is 19.6 Å². The molecule has 0 heterocycles. The van der Waals surface area contributed by atoms with Gasteiger partial charge >= 0.3 is 0 Å². The fraction of sp³-hybridized carbons (Fsp3) is 0.588. The number of aliphatic hydroxyl groups is 1. The second-order valence-corrected chi connectivity index (χ2v) is 5.79. The van der Waals surface area contributed by atoms with E-state index in [0.717, 1.165) is 31.4 Å². The predicted molar refractivity (Wildman–Crippen MR) is 82.2 cm³/mol. The molecule has 21 heavy (non-hydrogen) atoms. The number of nitrogens with zero attached hydrogens (tertiary/aromatic N) is 1. The fourth-order valence-electron chi connectivity index (χ4n) is 2.82. The molecule has 1 aromatic rings. The van der Waals surface area contributed by atoms with Gasteiger partial charge in [-0.1, -0.05) is 24.6 Å². The normalized spacial score (nSPS) is 21.8. The third-order valence-electron chi connectivity index (χ3n) is 4.02. The molecule has 0 bridgehead atoms. The van der Waals surface area contributed by atoms with Crippen LogP contribution in [0.25, 0.3) is 0 Å². The van der Waals surface area contributed by atoms with Gasteiger partial charge in [0.05, 0.1) is 12.7 Å². The summed E-state index contributed by atoms with van der Waals surface area (Å²) in [4.78, 5) is 14.1. The molecule has 0 radical (unpaired) electrons. The van der Waals surface area contributed by atoms with Crippen molar-refractivity contribution >= 4 is 5.91 Å². The first kappa shape index (κ1) is 15.8. The van der Waals surface area contributed by atoms with Crippen LogP contribution in [-0.4, -0.2) is 42.2 Å². The molecular weight excluding hydrogens is 266 g/mol. The Kier molecular flexibility index (Phi) is 6.05. The molecule has 1 N–H and O–H groups in total. The van der Waals surface area contributed by atoms with Crippen LogP contribution in [-0.2, 0) is 4.79 Å². The molecule has 0 unspecified atom stereocenters. The number of carbonyl (C=O) groups excluding carboxylic acids is 1. The smallest absolute Gasteiger partial charge is 0.225 e. The summed E-state index contributed by atoms with van der Waals surface area (Å²) in [5.41, 5.74) is 0. The summed E-state index contributed by atoms with van der Waals surface area (Å²) in [7, 11) is 1.84. The van der Waals surface area contributed by atoms with Crippen molar-refractivity contribution in [1.29, 1.82) is 0 Å². The lowest BCUT2D eigenvalue weighted by Crippen LogP contribution is -2.37. The van der Waals surface area contributed by atoms with Crippen molar-refractivity contribution in [3.05, 3.63) is 30.3 Å². The maximum Gasteiger partial charge on any atom is 0.225 e. The summed E-state index contributed by atoms with van der Waals surface area (Å²) < 4.78 is 5.62. The number of aliphatic hydroxyl groups excluding tert-OH is 1. The highest BCUT2D eigenvalue weighted by Gasteiger charge is 2.27. The molecule has 2 atom stereocenters. The predicted octanol–water partition coefficient (Wildman–Crippen LogP) is 2.47. The van der Waals surface area contributed by atoms with E-state index in [1.807, 2.05) is 37.4 Å².